The van der Waals surface area contributed by atoms with Crippen LogP contribution in [0.2, 0.25) is 5.02 Å². The zero-order chi connectivity index (χ0) is 32.8. The van der Waals surface area contributed by atoms with Crippen molar-refractivity contribution in [3.8, 4) is 23.0 Å². The molecule has 4 aromatic rings. The van der Waals surface area contributed by atoms with E-state index in [9.17, 15) is 9.59 Å². The highest BCUT2D eigenvalue weighted by Crippen LogP contribution is 2.38. The van der Waals surface area contributed by atoms with Crippen LogP contribution in [-0.4, -0.2) is 37.5 Å². The average molecular weight is 663 g/mol. The molecule has 0 saturated carbocycles. The molecule has 1 aromatic heterocycles. The normalized spacial score (nSPS) is 14.2. The van der Waals surface area contributed by atoms with Crippen LogP contribution in [0.4, 0.5) is 0 Å². The molecule has 0 bridgehead atoms. The molecule has 46 heavy (non-hydrogen) atoms. The molecule has 3 aromatic carbocycles. The number of methoxy groups -OCH3 is 1. The summed E-state index contributed by atoms with van der Waals surface area (Å²) in [4.78, 5) is 31.8. The number of aryl methyl sites for hydroxylation is 1. The van der Waals surface area contributed by atoms with Gasteiger partial charge in [0.15, 0.2) is 27.8 Å². The Bertz CT molecular complexity index is 1960. The number of benzene rings is 3. The topological polar surface area (TPSA) is 97.6 Å². The van der Waals surface area contributed by atoms with Gasteiger partial charge in [-0.2, -0.15) is 0 Å². The first-order chi connectivity index (χ1) is 22.3. The monoisotopic (exact) mass is 662 g/mol. The lowest BCUT2D eigenvalue weighted by atomic mass is 9.97. The van der Waals surface area contributed by atoms with E-state index in [4.69, 9.17) is 35.3 Å². The maximum Gasteiger partial charge on any atom is 0.337 e. The molecule has 0 radical (unpaired) electrons. The molecule has 0 aliphatic carbocycles. The number of fused-ring (bicyclic) bond motifs is 1. The van der Waals surface area contributed by atoms with Gasteiger partial charge in [0.25, 0.3) is 5.56 Å². The number of esters is 1. The Morgan fingerprint density at radius 3 is 2.41 bits per heavy atom. The summed E-state index contributed by atoms with van der Waals surface area (Å²) in [5, 5.41) is 0.348. The largest absolute Gasteiger partial charge is 0.490 e. The van der Waals surface area contributed by atoms with Gasteiger partial charge in [0.1, 0.15) is 6.61 Å². The van der Waals surface area contributed by atoms with Crippen LogP contribution in [0.5, 0.6) is 23.0 Å². The van der Waals surface area contributed by atoms with Gasteiger partial charge in [-0.25, -0.2) is 9.79 Å². The van der Waals surface area contributed by atoms with Crippen molar-refractivity contribution < 1.29 is 28.5 Å². The number of ether oxygens (including phenoxy) is 5. The highest BCUT2D eigenvalue weighted by molar-refractivity contribution is 7.07. The predicted molar refractivity (Wildman–Crippen MR) is 178 cm³/mol. The van der Waals surface area contributed by atoms with Crippen LogP contribution in [0.15, 0.2) is 76.2 Å². The second kappa shape index (κ2) is 14.7. The van der Waals surface area contributed by atoms with Crippen molar-refractivity contribution in [2.75, 3.05) is 26.9 Å². The van der Waals surface area contributed by atoms with Gasteiger partial charge in [-0.3, -0.25) is 9.36 Å². The fourth-order valence-electron chi connectivity index (χ4n) is 5.17. The lowest BCUT2D eigenvalue weighted by Crippen LogP contribution is -2.39. The molecule has 9 nitrogen and oxygen atoms in total. The third-order valence-corrected chi connectivity index (χ3v) is 8.38. The van der Waals surface area contributed by atoms with E-state index in [0.717, 1.165) is 11.1 Å². The van der Waals surface area contributed by atoms with Crippen molar-refractivity contribution in [2.24, 2.45) is 4.99 Å². The number of rotatable bonds is 12. The van der Waals surface area contributed by atoms with E-state index in [0.29, 0.717) is 74.9 Å². The van der Waals surface area contributed by atoms with Crippen molar-refractivity contribution >= 4 is 35.0 Å². The minimum Gasteiger partial charge on any atom is -0.490 e. The maximum absolute atomic E-state index is 14.0. The summed E-state index contributed by atoms with van der Waals surface area (Å²) in [6, 6.07) is 16.1. The Morgan fingerprint density at radius 2 is 1.70 bits per heavy atom. The van der Waals surface area contributed by atoms with E-state index < -0.39 is 12.0 Å². The Hall–Kier alpha value is -4.54. The van der Waals surface area contributed by atoms with E-state index in [1.165, 1.54) is 29.2 Å². The minimum atomic E-state index is -0.805. The van der Waals surface area contributed by atoms with Crippen LogP contribution in [0.1, 0.15) is 49.1 Å². The Kier molecular flexibility index (Phi) is 10.5. The van der Waals surface area contributed by atoms with E-state index in [2.05, 4.69) is 4.99 Å². The number of carbonyl (C=O) groups excluding carboxylic acids is 1. The quantitative estimate of drug-likeness (QED) is 0.178. The number of halogens is 1. The molecule has 0 spiro atoms. The summed E-state index contributed by atoms with van der Waals surface area (Å²) in [6.45, 7) is 9.23. The maximum atomic E-state index is 14.0. The summed E-state index contributed by atoms with van der Waals surface area (Å²) in [5.74, 6) is 1.37. The molecule has 0 fully saturated rings. The van der Waals surface area contributed by atoms with E-state index in [1.54, 1.807) is 36.4 Å². The summed E-state index contributed by atoms with van der Waals surface area (Å²) >= 11 is 7.92. The molecule has 5 rings (SSSR count). The molecule has 2 heterocycles. The second-order valence-electron chi connectivity index (χ2n) is 10.3. The van der Waals surface area contributed by atoms with Crippen LogP contribution >= 0.6 is 22.9 Å². The molecule has 1 aliphatic heterocycles. The smallest absolute Gasteiger partial charge is 0.337 e. The third-order valence-electron chi connectivity index (χ3n) is 7.10. The van der Waals surface area contributed by atoms with Gasteiger partial charge in [-0.1, -0.05) is 58.8 Å². The lowest BCUT2D eigenvalue weighted by Gasteiger charge is -2.23. The van der Waals surface area contributed by atoms with E-state index in [-0.39, 0.29) is 11.1 Å². The second-order valence-corrected chi connectivity index (χ2v) is 11.7. The number of hydrogen-bond donors (Lipinski definition) is 0. The molecule has 0 N–H and O–H groups in total. The molecule has 11 heteroatoms. The Labute approximate surface area is 275 Å². The Morgan fingerprint density at radius 1 is 0.957 bits per heavy atom. The van der Waals surface area contributed by atoms with Gasteiger partial charge >= 0.3 is 5.97 Å². The average Bonchev–Trinajstić information content (AvgIpc) is 3.35. The molecular weight excluding hydrogens is 628 g/mol. The zero-order valence-electron chi connectivity index (χ0n) is 26.3. The molecule has 1 aliphatic rings. The fraction of sp³-hybridized carbons (Fsp3) is 0.286. The van der Waals surface area contributed by atoms with Gasteiger partial charge < -0.3 is 23.7 Å². The summed E-state index contributed by atoms with van der Waals surface area (Å²) < 4.78 is 30.5. The molecule has 0 unspecified atom stereocenters. The van der Waals surface area contributed by atoms with Crippen molar-refractivity contribution in [1.82, 2.24) is 4.57 Å². The molecule has 0 amide bonds. The van der Waals surface area contributed by atoms with Gasteiger partial charge in [-0.05, 0) is 74.7 Å². The third kappa shape index (κ3) is 6.98. The fourth-order valence-corrected chi connectivity index (χ4v) is 6.41. The van der Waals surface area contributed by atoms with Gasteiger partial charge in [0.2, 0.25) is 0 Å². The summed E-state index contributed by atoms with van der Waals surface area (Å²) in [7, 11) is 1.29. The van der Waals surface area contributed by atoms with E-state index in [1.807, 2.05) is 52.0 Å². The number of aromatic nitrogens is 1. The van der Waals surface area contributed by atoms with Crippen molar-refractivity contribution in [3.63, 3.8) is 0 Å². The first kappa shape index (κ1) is 32.8. The first-order valence-corrected chi connectivity index (χ1v) is 16.1. The standard InChI is InChI=1S/C35H35ClN2O7S/c1-6-42-27-13-12-24(18-28(27)43-7-2)31-25(34(40)41-5)19-37-35-38(31)33(39)30(46-35)17-23-15-26(36)32(29(16-23)44-8-3)45-20-22-11-9-10-21(4)14-22/h9-19,31H,6-8,20H2,1-5H3/b30-17-/t31-/m0/s1. The SMILES string of the molecule is CCOc1ccc([C@H]2C(C(=O)OC)=CN=c3s/c(=C\c4cc(Cl)c(OCc5cccc(C)c5)c(OCC)c4)c(=O)n32)cc1OCC. The van der Waals surface area contributed by atoms with Crippen LogP contribution in [0.25, 0.3) is 6.08 Å². The van der Waals surface area contributed by atoms with Crippen LogP contribution < -0.4 is 33.8 Å². The zero-order valence-corrected chi connectivity index (χ0v) is 27.9. The van der Waals surface area contributed by atoms with Crippen LogP contribution in [0.3, 0.4) is 0 Å². The molecule has 0 saturated heterocycles. The predicted octanol–water partition coefficient (Wildman–Crippen LogP) is 5.76. The number of thiazole rings is 1. The lowest BCUT2D eigenvalue weighted by molar-refractivity contribution is -0.136. The Balaban J connectivity index is 1.57. The highest BCUT2D eigenvalue weighted by atomic mass is 35.5. The van der Waals surface area contributed by atoms with Crippen LogP contribution in [-0.2, 0) is 16.1 Å². The van der Waals surface area contributed by atoms with Crippen molar-refractivity contribution in [2.45, 2.75) is 40.3 Å². The van der Waals surface area contributed by atoms with Crippen molar-refractivity contribution in [3.05, 3.63) is 113 Å². The minimum absolute atomic E-state index is 0.213. The molecule has 240 valence electrons. The number of nitrogens with zero attached hydrogens (tertiary/aromatic N) is 2. The first-order valence-electron chi connectivity index (χ1n) is 14.9. The van der Waals surface area contributed by atoms with Gasteiger partial charge in [-0.15, -0.1) is 0 Å². The highest BCUT2D eigenvalue weighted by Gasteiger charge is 2.31. The van der Waals surface area contributed by atoms with E-state index >= 15 is 0 Å². The molecular formula is C35H35ClN2O7S. The summed E-state index contributed by atoms with van der Waals surface area (Å²) in [5.41, 5.74) is 3.31. The molecule has 1 atom stereocenters. The number of carbonyl (C=O) groups is 1. The number of hydrogen-bond acceptors (Lipinski definition) is 9. The van der Waals surface area contributed by atoms with Crippen molar-refractivity contribution in [1.29, 1.82) is 0 Å². The van der Waals surface area contributed by atoms with Crippen LogP contribution in [0, 0.1) is 6.92 Å². The summed E-state index contributed by atoms with van der Waals surface area (Å²) in [6.07, 6.45) is 3.18. The van der Waals surface area contributed by atoms with Gasteiger partial charge in [0, 0.05) is 6.20 Å². The van der Waals surface area contributed by atoms with Gasteiger partial charge in [0.05, 0.1) is 48.1 Å².